The van der Waals surface area contributed by atoms with Crippen LogP contribution in [0, 0.1) is 11.3 Å². The number of sulfonamides is 1. The predicted molar refractivity (Wildman–Crippen MR) is 77.6 cm³/mol. The van der Waals surface area contributed by atoms with Crippen molar-refractivity contribution in [2.75, 3.05) is 13.1 Å². The summed E-state index contributed by atoms with van der Waals surface area (Å²) in [6.07, 6.45) is 5.94. The summed E-state index contributed by atoms with van der Waals surface area (Å²) in [6, 6.07) is 0. The van der Waals surface area contributed by atoms with E-state index in [0.29, 0.717) is 25.6 Å². The summed E-state index contributed by atoms with van der Waals surface area (Å²) in [6.45, 7) is 6.01. The largest absolute Gasteiger partial charge is 0.330 e. The maximum Gasteiger partial charge on any atom is 0.243 e. The van der Waals surface area contributed by atoms with Gasteiger partial charge in [0, 0.05) is 19.3 Å². The van der Waals surface area contributed by atoms with Gasteiger partial charge in [-0.1, -0.05) is 13.8 Å². The summed E-state index contributed by atoms with van der Waals surface area (Å²) in [7, 11) is -3.46. The van der Waals surface area contributed by atoms with Crippen molar-refractivity contribution in [3.63, 3.8) is 0 Å². The summed E-state index contributed by atoms with van der Waals surface area (Å²) in [5.41, 5.74) is 5.58. The fraction of sp³-hybridized carbons (Fsp3) is 0.769. The lowest BCUT2D eigenvalue weighted by Crippen LogP contribution is -2.32. The van der Waals surface area contributed by atoms with Crippen molar-refractivity contribution in [2.24, 2.45) is 17.1 Å². The minimum absolute atomic E-state index is 0.155. The van der Waals surface area contributed by atoms with Gasteiger partial charge in [0.15, 0.2) is 0 Å². The summed E-state index contributed by atoms with van der Waals surface area (Å²) in [4.78, 5) is 0.231. The lowest BCUT2D eigenvalue weighted by Gasteiger charge is -2.19. The number of nitrogens with zero attached hydrogens (tertiary/aromatic N) is 2. The molecule has 0 unspecified atom stereocenters. The van der Waals surface area contributed by atoms with Gasteiger partial charge in [-0.3, -0.25) is 4.68 Å². The molecule has 20 heavy (non-hydrogen) atoms. The molecule has 3 N–H and O–H groups in total. The van der Waals surface area contributed by atoms with Crippen molar-refractivity contribution >= 4 is 10.0 Å². The quantitative estimate of drug-likeness (QED) is 0.748. The van der Waals surface area contributed by atoms with Crippen LogP contribution in [0.1, 0.15) is 33.1 Å². The van der Waals surface area contributed by atoms with E-state index in [-0.39, 0.29) is 10.3 Å². The third-order valence-electron chi connectivity index (χ3n) is 4.24. The van der Waals surface area contributed by atoms with Crippen LogP contribution < -0.4 is 10.5 Å². The zero-order valence-corrected chi connectivity index (χ0v) is 13.0. The molecule has 1 aromatic heterocycles. The second-order valence-corrected chi connectivity index (χ2v) is 7.69. The zero-order valence-electron chi connectivity index (χ0n) is 12.2. The van der Waals surface area contributed by atoms with Crippen LogP contribution in [0.15, 0.2) is 17.3 Å². The second-order valence-electron chi connectivity index (χ2n) is 5.92. The van der Waals surface area contributed by atoms with Crippen molar-refractivity contribution in [2.45, 2.75) is 44.6 Å². The third-order valence-corrected chi connectivity index (χ3v) is 5.60. The van der Waals surface area contributed by atoms with Gasteiger partial charge in [-0.05, 0) is 37.1 Å². The maximum absolute atomic E-state index is 12.2. The molecule has 1 heterocycles. The molecular formula is C13H24N4O2S. The molecule has 0 saturated heterocycles. The maximum atomic E-state index is 12.2. The Balaban J connectivity index is 1.98. The van der Waals surface area contributed by atoms with Gasteiger partial charge in [0.25, 0.3) is 0 Å². The normalized spacial score (nSPS) is 17.6. The standard InChI is InChI=1S/C13H24N4O2S/c1-11(2)13(4-5-13)10-16-20(18,19)12-8-15-17(9-12)7-3-6-14/h8-9,11,16H,3-7,10,14H2,1-2H3. The Kier molecular flexibility index (Phi) is 4.51. The second kappa shape index (κ2) is 5.83. The summed E-state index contributed by atoms with van der Waals surface area (Å²) >= 11 is 0. The van der Waals surface area contributed by atoms with E-state index in [4.69, 9.17) is 5.73 Å². The average Bonchev–Trinajstić information content (AvgIpc) is 3.05. The first-order chi connectivity index (χ1) is 9.39. The van der Waals surface area contributed by atoms with E-state index in [2.05, 4.69) is 23.7 Å². The zero-order chi connectivity index (χ0) is 14.8. The third kappa shape index (κ3) is 3.39. The molecule has 114 valence electrons. The molecule has 6 nitrogen and oxygen atoms in total. The van der Waals surface area contributed by atoms with E-state index in [0.717, 1.165) is 19.3 Å². The van der Waals surface area contributed by atoms with Gasteiger partial charge < -0.3 is 5.73 Å². The fourth-order valence-corrected chi connectivity index (χ4v) is 3.39. The van der Waals surface area contributed by atoms with E-state index in [1.807, 2.05) is 0 Å². The van der Waals surface area contributed by atoms with E-state index >= 15 is 0 Å². The highest BCUT2D eigenvalue weighted by Crippen LogP contribution is 2.51. The van der Waals surface area contributed by atoms with Crippen molar-refractivity contribution in [1.82, 2.24) is 14.5 Å². The Morgan fingerprint density at radius 1 is 1.50 bits per heavy atom. The number of aryl methyl sites for hydroxylation is 1. The van der Waals surface area contributed by atoms with E-state index in [9.17, 15) is 8.42 Å². The van der Waals surface area contributed by atoms with Gasteiger partial charge in [-0.25, -0.2) is 13.1 Å². The number of hydrogen-bond acceptors (Lipinski definition) is 4. The molecule has 0 atom stereocenters. The molecule has 0 radical (unpaired) electrons. The van der Waals surface area contributed by atoms with Crippen LogP contribution in [-0.4, -0.2) is 31.3 Å². The Bertz CT molecular complexity index is 546. The molecule has 0 aliphatic heterocycles. The topological polar surface area (TPSA) is 90.0 Å². The minimum atomic E-state index is -3.46. The molecule has 1 aliphatic carbocycles. The monoisotopic (exact) mass is 300 g/mol. The molecule has 2 rings (SSSR count). The van der Waals surface area contributed by atoms with E-state index in [1.165, 1.54) is 6.20 Å². The highest BCUT2D eigenvalue weighted by molar-refractivity contribution is 7.89. The Morgan fingerprint density at radius 2 is 2.20 bits per heavy atom. The molecule has 1 aliphatic rings. The lowest BCUT2D eigenvalue weighted by atomic mass is 9.93. The molecule has 1 fully saturated rings. The van der Waals surface area contributed by atoms with Crippen LogP contribution in [0.2, 0.25) is 0 Å². The lowest BCUT2D eigenvalue weighted by molar-refractivity contribution is 0.357. The first-order valence-electron chi connectivity index (χ1n) is 7.12. The molecule has 1 aromatic rings. The molecule has 7 heteroatoms. The van der Waals surface area contributed by atoms with Crippen LogP contribution in [0.5, 0.6) is 0 Å². The Hall–Kier alpha value is -0.920. The summed E-state index contributed by atoms with van der Waals surface area (Å²) in [5, 5.41) is 4.06. The smallest absolute Gasteiger partial charge is 0.243 e. The molecule has 0 spiro atoms. The molecule has 0 amide bonds. The summed E-state index contributed by atoms with van der Waals surface area (Å²) in [5.74, 6) is 0.498. The predicted octanol–water partition coefficient (Wildman–Crippen LogP) is 0.946. The highest BCUT2D eigenvalue weighted by atomic mass is 32.2. The van der Waals surface area contributed by atoms with Gasteiger partial charge in [-0.15, -0.1) is 0 Å². The Labute approximate surface area is 120 Å². The van der Waals surface area contributed by atoms with Crippen LogP contribution in [-0.2, 0) is 16.6 Å². The van der Waals surface area contributed by atoms with Gasteiger partial charge >= 0.3 is 0 Å². The van der Waals surface area contributed by atoms with Crippen LogP contribution in [0.25, 0.3) is 0 Å². The minimum Gasteiger partial charge on any atom is -0.330 e. The van der Waals surface area contributed by atoms with Crippen LogP contribution in [0.4, 0.5) is 0 Å². The van der Waals surface area contributed by atoms with Gasteiger partial charge in [0.2, 0.25) is 10.0 Å². The van der Waals surface area contributed by atoms with Crippen molar-refractivity contribution in [1.29, 1.82) is 0 Å². The number of hydrogen-bond donors (Lipinski definition) is 2. The van der Waals surface area contributed by atoms with Gasteiger partial charge in [0.1, 0.15) is 4.90 Å². The fourth-order valence-electron chi connectivity index (χ4n) is 2.30. The number of aromatic nitrogens is 2. The van der Waals surface area contributed by atoms with E-state index in [1.54, 1.807) is 10.9 Å². The molecule has 0 aromatic carbocycles. The summed E-state index contributed by atoms with van der Waals surface area (Å²) < 4.78 is 28.8. The highest BCUT2D eigenvalue weighted by Gasteiger charge is 2.45. The molecule has 0 bridgehead atoms. The molecular weight excluding hydrogens is 276 g/mol. The van der Waals surface area contributed by atoms with Gasteiger partial charge in [-0.2, -0.15) is 5.10 Å². The first kappa shape index (κ1) is 15.5. The Morgan fingerprint density at radius 3 is 2.75 bits per heavy atom. The number of nitrogens with two attached hydrogens (primary N) is 1. The van der Waals surface area contributed by atoms with Gasteiger partial charge in [0.05, 0.1) is 6.20 Å². The molecule has 1 saturated carbocycles. The SMILES string of the molecule is CC(C)C1(CNS(=O)(=O)c2cnn(CCCN)c2)CC1. The number of rotatable bonds is 8. The van der Waals surface area contributed by atoms with Crippen molar-refractivity contribution in [3.8, 4) is 0 Å². The van der Waals surface area contributed by atoms with Crippen LogP contribution in [0.3, 0.4) is 0 Å². The first-order valence-corrected chi connectivity index (χ1v) is 8.60. The van der Waals surface area contributed by atoms with E-state index < -0.39 is 10.0 Å². The van der Waals surface area contributed by atoms with Crippen LogP contribution >= 0.6 is 0 Å². The van der Waals surface area contributed by atoms with Crippen molar-refractivity contribution in [3.05, 3.63) is 12.4 Å². The average molecular weight is 300 g/mol. The number of nitrogens with one attached hydrogen (secondary N) is 1. The van der Waals surface area contributed by atoms with Crippen molar-refractivity contribution < 1.29 is 8.42 Å².